The fourth-order valence-electron chi connectivity index (χ4n) is 3.18. The summed E-state index contributed by atoms with van der Waals surface area (Å²) in [5, 5.41) is 5.77. The lowest BCUT2D eigenvalue weighted by Gasteiger charge is -2.32. The van der Waals surface area contributed by atoms with Gasteiger partial charge in [-0.25, -0.2) is 14.8 Å². The number of nitrogens with one attached hydrogen (secondary N) is 2. The van der Waals surface area contributed by atoms with Gasteiger partial charge in [0.2, 0.25) is 5.95 Å². The topological polar surface area (TPSA) is 88.6 Å². The number of hydrogen-bond acceptors (Lipinski definition) is 6. The van der Waals surface area contributed by atoms with Gasteiger partial charge >= 0.3 is 6.03 Å². The summed E-state index contributed by atoms with van der Waals surface area (Å²) in [6, 6.07) is 6.81. The number of benzene rings is 1. The van der Waals surface area contributed by atoms with Gasteiger partial charge in [0.05, 0.1) is 19.9 Å². The SMILES string of the molecule is COc1ccc(OC)c(NC(=O)NCC2CCCN(c3ncccn3)C2)c1. The Morgan fingerprint density at radius 1 is 1.26 bits per heavy atom. The van der Waals surface area contributed by atoms with E-state index in [9.17, 15) is 4.79 Å². The Morgan fingerprint density at radius 2 is 2.07 bits per heavy atom. The minimum atomic E-state index is -0.269. The first-order chi connectivity index (χ1) is 13.2. The largest absolute Gasteiger partial charge is 0.497 e. The lowest BCUT2D eigenvalue weighted by Crippen LogP contribution is -2.42. The third-order valence-corrected chi connectivity index (χ3v) is 4.56. The highest BCUT2D eigenvalue weighted by Gasteiger charge is 2.22. The molecule has 0 spiro atoms. The van der Waals surface area contributed by atoms with E-state index in [2.05, 4.69) is 25.5 Å². The number of hydrogen-bond donors (Lipinski definition) is 2. The molecule has 8 heteroatoms. The summed E-state index contributed by atoms with van der Waals surface area (Å²) in [4.78, 5) is 23.1. The molecule has 0 saturated carbocycles. The van der Waals surface area contributed by atoms with Gasteiger partial charge in [0.25, 0.3) is 0 Å². The zero-order valence-electron chi connectivity index (χ0n) is 15.6. The van der Waals surface area contributed by atoms with Crippen LogP contribution in [0.25, 0.3) is 0 Å². The Balaban J connectivity index is 1.53. The smallest absolute Gasteiger partial charge is 0.319 e. The molecule has 1 aromatic carbocycles. The summed E-state index contributed by atoms with van der Waals surface area (Å²) < 4.78 is 10.5. The van der Waals surface area contributed by atoms with Crippen LogP contribution in [0.1, 0.15) is 12.8 Å². The van der Waals surface area contributed by atoms with Gasteiger partial charge in [-0.05, 0) is 37.0 Å². The summed E-state index contributed by atoms with van der Waals surface area (Å²) in [7, 11) is 3.14. The van der Waals surface area contributed by atoms with Crippen LogP contribution in [0.2, 0.25) is 0 Å². The van der Waals surface area contributed by atoms with Crippen molar-refractivity contribution in [3.05, 3.63) is 36.7 Å². The van der Waals surface area contributed by atoms with Crippen LogP contribution in [-0.4, -0.2) is 49.9 Å². The molecule has 2 amide bonds. The lowest BCUT2D eigenvalue weighted by molar-refractivity contribution is 0.249. The highest BCUT2D eigenvalue weighted by molar-refractivity contribution is 5.91. The first-order valence-corrected chi connectivity index (χ1v) is 8.98. The molecule has 1 fully saturated rings. The fraction of sp³-hybridized carbons (Fsp3) is 0.421. The zero-order valence-corrected chi connectivity index (χ0v) is 15.6. The van der Waals surface area contributed by atoms with Crippen molar-refractivity contribution in [1.29, 1.82) is 0 Å². The Morgan fingerprint density at radius 3 is 2.81 bits per heavy atom. The van der Waals surface area contributed by atoms with Gasteiger partial charge < -0.3 is 25.0 Å². The van der Waals surface area contributed by atoms with Gasteiger partial charge in [-0.15, -0.1) is 0 Å². The summed E-state index contributed by atoms with van der Waals surface area (Å²) in [5.41, 5.74) is 0.567. The van der Waals surface area contributed by atoms with Crippen LogP contribution in [0.5, 0.6) is 11.5 Å². The normalized spacial score (nSPS) is 16.5. The van der Waals surface area contributed by atoms with Crippen LogP contribution in [0.15, 0.2) is 36.7 Å². The van der Waals surface area contributed by atoms with Crippen LogP contribution < -0.4 is 25.0 Å². The van der Waals surface area contributed by atoms with Crippen molar-refractivity contribution in [1.82, 2.24) is 15.3 Å². The van der Waals surface area contributed by atoms with E-state index in [0.717, 1.165) is 31.9 Å². The van der Waals surface area contributed by atoms with E-state index >= 15 is 0 Å². The van der Waals surface area contributed by atoms with Crippen molar-refractivity contribution in [2.75, 3.05) is 44.1 Å². The zero-order chi connectivity index (χ0) is 19.1. The van der Waals surface area contributed by atoms with E-state index < -0.39 is 0 Å². The van der Waals surface area contributed by atoms with Crippen molar-refractivity contribution in [3.8, 4) is 11.5 Å². The van der Waals surface area contributed by atoms with Crippen molar-refractivity contribution in [2.24, 2.45) is 5.92 Å². The molecule has 8 nitrogen and oxygen atoms in total. The van der Waals surface area contributed by atoms with E-state index in [0.29, 0.717) is 29.6 Å². The van der Waals surface area contributed by atoms with E-state index in [4.69, 9.17) is 9.47 Å². The number of anilines is 2. The minimum absolute atomic E-state index is 0.269. The maximum atomic E-state index is 12.3. The van der Waals surface area contributed by atoms with Gasteiger partial charge in [-0.1, -0.05) is 0 Å². The molecule has 0 aliphatic carbocycles. The van der Waals surface area contributed by atoms with Crippen molar-refractivity contribution < 1.29 is 14.3 Å². The van der Waals surface area contributed by atoms with Crippen LogP contribution >= 0.6 is 0 Å². The second-order valence-corrected chi connectivity index (χ2v) is 6.40. The number of ether oxygens (including phenoxy) is 2. The molecule has 27 heavy (non-hydrogen) atoms. The maximum Gasteiger partial charge on any atom is 0.319 e. The Hall–Kier alpha value is -3.03. The average molecular weight is 371 g/mol. The number of nitrogens with zero attached hydrogens (tertiary/aromatic N) is 3. The van der Waals surface area contributed by atoms with Gasteiger partial charge in [0.15, 0.2) is 0 Å². The molecule has 0 bridgehead atoms. The van der Waals surface area contributed by atoms with E-state index in [1.807, 2.05) is 6.07 Å². The van der Waals surface area contributed by atoms with Crippen LogP contribution in [0, 0.1) is 5.92 Å². The molecule has 2 aromatic rings. The number of rotatable bonds is 6. The second kappa shape index (κ2) is 9.07. The van der Waals surface area contributed by atoms with Crippen LogP contribution in [0.4, 0.5) is 16.4 Å². The number of methoxy groups -OCH3 is 2. The van der Waals surface area contributed by atoms with Crippen molar-refractivity contribution >= 4 is 17.7 Å². The van der Waals surface area contributed by atoms with E-state index in [1.165, 1.54) is 0 Å². The average Bonchev–Trinajstić information content (AvgIpc) is 2.73. The molecule has 0 radical (unpaired) electrons. The molecular formula is C19H25N5O3. The summed E-state index contributed by atoms with van der Waals surface area (Å²) in [6.45, 7) is 2.35. The van der Waals surface area contributed by atoms with E-state index in [1.54, 1.807) is 44.8 Å². The van der Waals surface area contributed by atoms with Gasteiger partial charge in [-0.3, -0.25) is 0 Å². The first-order valence-electron chi connectivity index (χ1n) is 8.98. The van der Waals surface area contributed by atoms with E-state index in [-0.39, 0.29) is 6.03 Å². The number of piperidine rings is 1. The molecule has 1 aromatic heterocycles. The standard InChI is InChI=1S/C19H25N5O3/c1-26-15-6-7-17(27-2)16(11-15)23-19(25)22-12-14-5-3-10-24(13-14)18-20-8-4-9-21-18/h4,6-9,11,14H,3,5,10,12-13H2,1-2H3,(H2,22,23,25). The fourth-order valence-corrected chi connectivity index (χ4v) is 3.18. The van der Waals surface area contributed by atoms with Gasteiger partial charge in [0.1, 0.15) is 11.5 Å². The maximum absolute atomic E-state index is 12.3. The molecule has 144 valence electrons. The Kier molecular flexibility index (Phi) is 6.30. The lowest BCUT2D eigenvalue weighted by atomic mass is 9.98. The molecular weight excluding hydrogens is 346 g/mol. The first kappa shape index (κ1) is 18.8. The van der Waals surface area contributed by atoms with Gasteiger partial charge in [-0.2, -0.15) is 0 Å². The van der Waals surface area contributed by atoms with Crippen molar-refractivity contribution in [3.63, 3.8) is 0 Å². The number of urea groups is 1. The number of aromatic nitrogens is 2. The highest BCUT2D eigenvalue weighted by atomic mass is 16.5. The molecule has 3 rings (SSSR count). The van der Waals surface area contributed by atoms with Gasteiger partial charge in [0, 0.05) is 38.1 Å². The second-order valence-electron chi connectivity index (χ2n) is 6.40. The number of carbonyl (C=O) groups excluding carboxylic acids is 1. The molecule has 1 unspecified atom stereocenters. The van der Waals surface area contributed by atoms with Crippen LogP contribution in [-0.2, 0) is 0 Å². The molecule has 2 N–H and O–H groups in total. The third-order valence-electron chi connectivity index (χ3n) is 4.56. The predicted molar refractivity (Wildman–Crippen MR) is 104 cm³/mol. The molecule has 2 heterocycles. The van der Waals surface area contributed by atoms with Crippen LogP contribution in [0.3, 0.4) is 0 Å². The van der Waals surface area contributed by atoms with Crippen molar-refractivity contribution in [2.45, 2.75) is 12.8 Å². The molecule has 1 atom stereocenters. The quantitative estimate of drug-likeness (QED) is 0.811. The highest BCUT2D eigenvalue weighted by Crippen LogP contribution is 2.28. The minimum Gasteiger partial charge on any atom is -0.497 e. The predicted octanol–water partition coefficient (Wildman–Crippen LogP) is 2.53. The molecule has 1 aliphatic heterocycles. The molecule has 1 saturated heterocycles. The summed E-state index contributed by atoms with van der Waals surface area (Å²) in [6.07, 6.45) is 5.61. The summed E-state index contributed by atoms with van der Waals surface area (Å²) >= 11 is 0. The number of amides is 2. The summed E-state index contributed by atoms with van der Waals surface area (Å²) in [5.74, 6) is 2.32. The third kappa shape index (κ3) is 4.99. The molecule has 1 aliphatic rings. The number of carbonyl (C=O) groups is 1. The monoisotopic (exact) mass is 371 g/mol. The Labute approximate surface area is 158 Å². The Bertz CT molecular complexity index is 756.